The standard InChI is InChI=1S/C13H22O3/c14-8-12-9-15-13(16-12)6-5-10-3-1-2-4-11(10)7-13/h10-12,14H,1-9H2. The van der Waals surface area contributed by atoms with Gasteiger partial charge in [0, 0.05) is 12.8 Å². The van der Waals surface area contributed by atoms with E-state index in [1.54, 1.807) is 0 Å². The largest absolute Gasteiger partial charge is 0.394 e. The van der Waals surface area contributed by atoms with Crippen LogP contribution in [0.4, 0.5) is 0 Å². The van der Waals surface area contributed by atoms with Gasteiger partial charge in [-0.25, -0.2) is 0 Å². The zero-order valence-electron chi connectivity index (χ0n) is 9.86. The van der Waals surface area contributed by atoms with Crippen LogP contribution in [0, 0.1) is 11.8 Å². The second-order valence-electron chi connectivity index (χ2n) is 5.69. The highest BCUT2D eigenvalue weighted by atomic mass is 16.7. The predicted molar refractivity (Wildman–Crippen MR) is 59.9 cm³/mol. The number of ether oxygens (including phenoxy) is 2. The average Bonchev–Trinajstić information content (AvgIpc) is 2.72. The van der Waals surface area contributed by atoms with Crippen LogP contribution >= 0.6 is 0 Å². The van der Waals surface area contributed by atoms with Crippen molar-refractivity contribution in [1.82, 2.24) is 0 Å². The predicted octanol–water partition coefficient (Wildman–Crippen LogP) is 2.08. The Labute approximate surface area is 97.1 Å². The molecule has 1 saturated heterocycles. The normalized spacial score (nSPS) is 48.2. The Bertz CT molecular complexity index is 256. The molecular formula is C13H22O3. The van der Waals surface area contributed by atoms with Gasteiger partial charge in [-0.1, -0.05) is 19.3 Å². The minimum Gasteiger partial charge on any atom is -0.394 e. The zero-order valence-corrected chi connectivity index (χ0v) is 9.86. The maximum Gasteiger partial charge on any atom is 0.169 e. The van der Waals surface area contributed by atoms with E-state index in [1.165, 1.54) is 32.1 Å². The number of hydrogen-bond donors (Lipinski definition) is 1. The first-order valence-electron chi connectivity index (χ1n) is 6.74. The summed E-state index contributed by atoms with van der Waals surface area (Å²) in [6.45, 7) is 0.670. The molecule has 4 atom stereocenters. The van der Waals surface area contributed by atoms with Crippen molar-refractivity contribution in [3.63, 3.8) is 0 Å². The number of fused-ring (bicyclic) bond motifs is 1. The van der Waals surface area contributed by atoms with E-state index >= 15 is 0 Å². The number of hydrogen-bond acceptors (Lipinski definition) is 3. The molecular weight excluding hydrogens is 204 g/mol. The van der Waals surface area contributed by atoms with Gasteiger partial charge < -0.3 is 14.6 Å². The van der Waals surface area contributed by atoms with Crippen molar-refractivity contribution in [1.29, 1.82) is 0 Å². The summed E-state index contributed by atoms with van der Waals surface area (Å²) in [6, 6.07) is 0. The van der Waals surface area contributed by atoms with Crippen molar-refractivity contribution < 1.29 is 14.6 Å². The van der Waals surface area contributed by atoms with Crippen molar-refractivity contribution >= 4 is 0 Å². The molecule has 1 N–H and O–H groups in total. The molecule has 1 aliphatic heterocycles. The Hall–Kier alpha value is -0.120. The van der Waals surface area contributed by atoms with Gasteiger partial charge in [-0.3, -0.25) is 0 Å². The highest BCUT2D eigenvalue weighted by Gasteiger charge is 2.47. The molecule has 0 aromatic rings. The number of aliphatic hydroxyl groups excluding tert-OH is 1. The summed E-state index contributed by atoms with van der Waals surface area (Å²) in [5, 5.41) is 9.11. The molecule has 3 rings (SSSR count). The van der Waals surface area contributed by atoms with E-state index in [0.29, 0.717) is 6.61 Å². The van der Waals surface area contributed by atoms with Gasteiger partial charge in [-0.2, -0.15) is 0 Å². The fourth-order valence-electron chi connectivity index (χ4n) is 3.78. The van der Waals surface area contributed by atoms with Gasteiger partial charge in [0.2, 0.25) is 0 Å². The summed E-state index contributed by atoms with van der Waals surface area (Å²) in [7, 11) is 0. The molecule has 0 amide bonds. The first-order chi connectivity index (χ1) is 7.81. The van der Waals surface area contributed by atoms with Crippen LogP contribution in [0.15, 0.2) is 0 Å². The number of aliphatic hydroxyl groups is 1. The van der Waals surface area contributed by atoms with Crippen LogP contribution < -0.4 is 0 Å². The molecule has 0 radical (unpaired) electrons. The van der Waals surface area contributed by atoms with E-state index in [-0.39, 0.29) is 18.5 Å². The molecule has 1 spiro atoms. The Balaban J connectivity index is 1.66. The van der Waals surface area contributed by atoms with Gasteiger partial charge in [0.25, 0.3) is 0 Å². The van der Waals surface area contributed by atoms with Gasteiger partial charge in [0.15, 0.2) is 5.79 Å². The quantitative estimate of drug-likeness (QED) is 0.744. The molecule has 3 aliphatic rings. The van der Waals surface area contributed by atoms with E-state index in [9.17, 15) is 0 Å². The molecule has 3 fully saturated rings. The fraction of sp³-hybridized carbons (Fsp3) is 1.00. The molecule has 16 heavy (non-hydrogen) atoms. The maximum atomic E-state index is 9.11. The molecule has 4 unspecified atom stereocenters. The maximum absolute atomic E-state index is 9.11. The highest BCUT2D eigenvalue weighted by molar-refractivity contribution is 4.91. The lowest BCUT2D eigenvalue weighted by Gasteiger charge is -2.43. The SMILES string of the molecule is OCC1COC2(CCC3CCCCC3C2)O1. The van der Waals surface area contributed by atoms with Crippen LogP contribution in [0.2, 0.25) is 0 Å². The molecule has 2 aliphatic carbocycles. The zero-order chi connectivity index (χ0) is 11.0. The fourth-order valence-corrected chi connectivity index (χ4v) is 3.78. The third-order valence-corrected chi connectivity index (χ3v) is 4.65. The van der Waals surface area contributed by atoms with Crippen molar-refractivity contribution in [3.8, 4) is 0 Å². The summed E-state index contributed by atoms with van der Waals surface area (Å²) in [6.07, 6.45) is 8.81. The second kappa shape index (κ2) is 4.28. The van der Waals surface area contributed by atoms with E-state index in [1.807, 2.05) is 0 Å². The molecule has 0 bridgehead atoms. The molecule has 2 saturated carbocycles. The Morgan fingerprint density at radius 3 is 2.69 bits per heavy atom. The molecule has 0 aromatic carbocycles. The van der Waals surface area contributed by atoms with E-state index < -0.39 is 0 Å². The van der Waals surface area contributed by atoms with Crippen LogP contribution in [0.3, 0.4) is 0 Å². The highest BCUT2D eigenvalue weighted by Crippen LogP contribution is 2.48. The van der Waals surface area contributed by atoms with Gasteiger partial charge in [0.1, 0.15) is 6.10 Å². The Morgan fingerprint density at radius 2 is 1.94 bits per heavy atom. The Morgan fingerprint density at radius 1 is 1.12 bits per heavy atom. The Kier molecular flexibility index (Phi) is 2.94. The lowest BCUT2D eigenvalue weighted by Crippen LogP contribution is -2.41. The first kappa shape index (κ1) is 11.0. The molecule has 92 valence electrons. The van der Waals surface area contributed by atoms with Crippen molar-refractivity contribution in [3.05, 3.63) is 0 Å². The molecule has 1 heterocycles. The van der Waals surface area contributed by atoms with Gasteiger partial charge in [-0.15, -0.1) is 0 Å². The van der Waals surface area contributed by atoms with Crippen LogP contribution in [-0.4, -0.2) is 30.2 Å². The first-order valence-corrected chi connectivity index (χ1v) is 6.74. The van der Waals surface area contributed by atoms with E-state index in [4.69, 9.17) is 14.6 Å². The molecule has 3 heteroatoms. The third-order valence-electron chi connectivity index (χ3n) is 4.65. The van der Waals surface area contributed by atoms with E-state index in [2.05, 4.69) is 0 Å². The van der Waals surface area contributed by atoms with Crippen LogP contribution in [-0.2, 0) is 9.47 Å². The minimum atomic E-state index is -0.327. The lowest BCUT2D eigenvalue weighted by molar-refractivity contribution is -0.209. The summed E-state index contributed by atoms with van der Waals surface area (Å²) < 4.78 is 11.8. The summed E-state index contributed by atoms with van der Waals surface area (Å²) in [5.74, 6) is 1.39. The monoisotopic (exact) mass is 226 g/mol. The summed E-state index contributed by atoms with van der Waals surface area (Å²) in [4.78, 5) is 0. The number of rotatable bonds is 1. The average molecular weight is 226 g/mol. The van der Waals surface area contributed by atoms with Crippen molar-refractivity contribution in [2.24, 2.45) is 11.8 Å². The lowest BCUT2D eigenvalue weighted by atomic mass is 9.69. The summed E-state index contributed by atoms with van der Waals surface area (Å²) >= 11 is 0. The van der Waals surface area contributed by atoms with Crippen LogP contribution in [0.5, 0.6) is 0 Å². The molecule has 0 aromatic heterocycles. The van der Waals surface area contributed by atoms with Crippen molar-refractivity contribution in [2.75, 3.05) is 13.2 Å². The van der Waals surface area contributed by atoms with Crippen LogP contribution in [0.25, 0.3) is 0 Å². The van der Waals surface area contributed by atoms with Crippen molar-refractivity contribution in [2.45, 2.75) is 56.8 Å². The molecule has 3 nitrogen and oxygen atoms in total. The van der Waals surface area contributed by atoms with Gasteiger partial charge in [-0.05, 0) is 24.7 Å². The van der Waals surface area contributed by atoms with Gasteiger partial charge in [0.05, 0.1) is 13.2 Å². The van der Waals surface area contributed by atoms with Gasteiger partial charge >= 0.3 is 0 Å². The second-order valence-corrected chi connectivity index (χ2v) is 5.69. The smallest absolute Gasteiger partial charge is 0.169 e. The minimum absolute atomic E-state index is 0.0832. The third kappa shape index (κ3) is 1.89. The van der Waals surface area contributed by atoms with Crippen LogP contribution in [0.1, 0.15) is 44.9 Å². The van der Waals surface area contributed by atoms with E-state index in [0.717, 1.165) is 24.7 Å². The summed E-state index contributed by atoms with van der Waals surface area (Å²) in [5.41, 5.74) is 0. The topological polar surface area (TPSA) is 38.7 Å².